The molecular weight excluding hydrogens is 285 g/mol. The first-order valence-corrected chi connectivity index (χ1v) is 7.59. The van der Waals surface area contributed by atoms with E-state index in [0.717, 1.165) is 0 Å². The van der Waals surface area contributed by atoms with Crippen LogP contribution in [0.2, 0.25) is 10.0 Å². The Hall–Kier alpha value is -0.580. The molecule has 3 rings (SSSR count). The van der Waals surface area contributed by atoms with Gasteiger partial charge in [-0.2, -0.15) is 5.10 Å². The van der Waals surface area contributed by atoms with Gasteiger partial charge >= 0.3 is 0 Å². The molecular formula is C13H17Cl2N3O. The lowest BCUT2D eigenvalue weighted by molar-refractivity contribution is 0.132. The van der Waals surface area contributed by atoms with Crippen LogP contribution >= 0.6 is 23.2 Å². The Morgan fingerprint density at radius 2 is 1.84 bits per heavy atom. The van der Waals surface area contributed by atoms with Crippen molar-refractivity contribution in [1.82, 2.24) is 14.7 Å². The molecule has 0 amide bonds. The minimum Gasteiger partial charge on any atom is -0.278 e. The van der Waals surface area contributed by atoms with Gasteiger partial charge in [-0.1, -0.05) is 36.0 Å². The largest absolute Gasteiger partial charge is 0.288 e. The Morgan fingerprint density at radius 1 is 1.21 bits per heavy atom. The predicted molar refractivity (Wildman–Crippen MR) is 75.6 cm³/mol. The van der Waals surface area contributed by atoms with Gasteiger partial charge in [0.15, 0.2) is 0 Å². The molecule has 104 valence electrons. The van der Waals surface area contributed by atoms with E-state index in [2.05, 4.69) is 10.00 Å². The highest BCUT2D eigenvalue weighted by Gasteiger charge is 2.35. The summed E-state index contributed by atoms with van der Waals surface area (Å²) in [5.41, 5.74) is -0.294. The van der Waals surface area contributed by atoms with Gasteiger partial charge in [0.1, 0.15) is 5.02 Å². The van der Waals surface area contributed by atoms with Crippen LogP contribution in [-0.4, -0.2) is 26.8 Å². The molecule has 6 heteroatoms. The highest BCUT2D eigenvalue weighted by molar-refractivity contribution is 6.41. The van der Waals surface area contributed by atoms with E-state index in [4.69, 9.17) is 23.2 Å². The molecule has 0 aliphatic heterocycles. The maximum absolute atomic E-state index is 12.0. The van der Waals surface area contributed by atoms with E-state index in [-0.39, 0.29) is 15.6 Å². The summed E-state index contributed by atoms with van der Waals surface area (Å²) in [6.07, 6.45) is 8.94. The molecule has 0 spiro atoms. The minimum atomic E-state index is -0.294. The average molecular weight is 302 g/mol. The van der Waals surface area contributed by atoms with Crippen molar-refractivity contribution in [3.63, 3.8) is 0 Å². The summed E-state index contributed by atoms with van der Waals surface area (Å²) in [7, 11) is 0. The van der Waals surface area contributed by atoms with Crippen LogP contribution in [0, 0.1) is 0 Å². The van der Waals surface area contributed by atoms with Crippen molar-refractivity contribution in [2.24, 2.45) is 0 Å². The van der Waals surface area contributed by atoms with E-state index >= 15 is 0 Å². The topological polar surface area (TPSA) is 38.1 Å². The Labute approximate surface area is 122 Å². The van der Waals surface area contributed by atoms with Gasteiger partial charge in [0.2, 0.25) is 0 Å². The van der Waals surface area contributed by atoms with E-state index in [9.17, 15) is 4.79 Å². The molecule has 2 saturated carbocycles. The number of hydrogen-bond acceptors (Lipinski definition) is 3. The molecule has 19 heavy (non-hydrogen) atoms. The van der Waals surface area contributed by atoms with Crippen molar-refractivity contribution in [3.05, 3.63) is 26.6 Å². The lowest BCUT2D eigenvalue weighted by Gasteiger charge is -2.28. The molecule has 4 nitrogen and oxygen atoms in total. The van der Waals surface area contributed by atoms with E-state index in [1.165, 1.54) is 49.4 Å². The normalized spacial score (nSPS) is 20.4. The summed E-state index contributed by atoms with van der Waals surface area (Å²) in [5.74, 6) is 0. The molecule has 0 N–H and O–H groups in total. The van der Waals surface area contributed by atoms with Crippen molar-refractivity contribution < 1.29 is 0 Å². The molecule has 0 saturated heterocycles. The monoisotopic (exact) mass is 301 g/mol. The predicted octanol–water partition coefficient (Wildman–Crippen LogP) is 2.91. The van der Waals surface area contributed by atoms with E-state index < -0.39 is 0 Å². The van der Waals surface area contributed by atoms with Crippen LogP contribution in [-0.2, 0) is 6.67 Å². The second kappa shape index (κ2) is 5.43. The average Bonchev–Trinajstić information content (AvgIpc) is 3.10. The molecule has 2 aliphatic carbocycles. The Balaban J connectivity index is 1.82. The van der Waals surface area contributed by atoms with Gasteiger partial charge in [0.05, 0.1) is 17.9 Å². The summed E-state index contributed by atoms with van der Waals surface area (Å²) in [6, 6.07) is 1.21. The molecule has 0 aromatic carbocycles. The summed E-state index contributed by atoms with van der Waals surface area (Å²) in [5, 5.41) is 4.40. The lowest BCUT2D eigenvalue weighted by Crippen LogP contribution is -2.40. The van der Waals surface area contributed by atoms with Crippen molar-refractivity contribution in [3.8, 4) is 0 Å². The van der Waals surface area contributed by atoms with Gasteiger partial charge in [-0.05, 0) is 25.7 Å². The zero-order chi connectivity index (χ0) is 13.4. The molecule has 0 radical (unpaired) electrons. The number of rotatable bonds is 4. The molecule has 0 atom stereocenters. The van der Waals surface area contributed by atoms with Crippen LogP contribution < -0.4 is 5.56 Å². The summed E-state index contributed by atoms with van der Waals surface area (Å²) in [4.78, 5) is 14.5. The molecule has 0 unspecified atom stereocenters. The fourth-order valence-corrected chi connectivity index (χ4v) is 3.14. The van der Waals surface area contributed by atoms with Gasteiger partial charge in [0.25, 0.3) is 5.56 Å². The number of nitrogens with zero attached hydrogens (tertiary/aromatic N) is 3. The van der Waals surface area contributed by atoms with Crippen molar-refractivity contribution in [2.75, 3.05) is 0 Å². The van der Waals surface area contributed by atoms with E-state index in [0.29, 0.717) is 18.8 Å². The first kappa shape index (κ1) is 13.4. The van der Waals surface area contributed by atoms with Crippen LogP contribution in [0.1, 0.15) is 38.5 Å². The highest BCUT2D eigenvalue weighted by atomic mass is 35.5. The first-order chi connectivity index (χ1) is 9.16. The Bertz CT molecular complexity index is 521. The standard InChI is InChI=1S/C13H17Cl2N3O/c14-11-7-16-18(13(19)12(11)15)8-17(10-5-6-10)9-3-1-2-4-9/h7,9-10H,1-6,8H2. The maximum Gasteiger partial charge on any atom is 0.288 e. The zero-order valence-electron chi connectivity index (χ0n) is 10.7. The first-order valence-electron chi connectivity index (χ1n) is 6.83. The summed E-state index contributed by atoms with van der Waals surface area (Å²) < 4.78 is 1.44. The molecule has 2 fully saturated rings. The van der Waals surface area contributed by atoms with Crippen LogP contribution in [0.4, 0.5) is 0 Å². The van der Waals surface area contributed by atoms with E-state index in [1.54, 1.807) is 0 Å². The van der Waals surface area contributed by atoms with Crippen LogP contribution in [0.5, 0.6) is 0 Å². The molecule has 1 aromatic heterocycles. The van der Waals surface area contributed by atoms with Crippen molar-refractivity contribution in [2.45, 2.75) is 57.3 Å². The molecule has 1 aromatic rings. The highest BCUT2D eigenvalue weighted by Crippen LogP contribution is 2.34. The lowest BCUT2D eigenvalue weighted by atomic mass is 10.2. The quantitative estimate of drug-likeness (QED) is 0.858. The van der Waals surface area contributed by atoms with Gasteiger partial charge in [-0.15, -0.1) is 0 Å². The van der Waals surface area contributed by atoms with Crippen molar-refractivity contribution in [1.29, 1.82) is 0 Å². The van der Waals surface area contributed by atoms with Gasteiger partial charge in [-0.25, -0.2) is 4.68 Å². The number of aromatic nitrogens is 2. The molecule has 1 heterocycles. The SMILES string of the molecule is O=c1c(Cl)c(Cl)cnn1CN(C1CCCC1)C1CC1. The number of halogens is 2. The zero-order valence-corrected chi connectivity index (χ0v) is 12.2. The third kappa shape index (κ3) is 2.81. The Morgan fingerprint density at radius 3 is 2.47 bits per heavy atom. The smallest absolute Gasteiger partial charge is 0.278 e. The summed E-state index contributed by atoms with van der Waals surface area (Å²) in [6.45, 7) is 0.533. The third-order valence-electron chi connectivity index (χ3n) is 4.05. The van der Waals surface area contributed by atoms with Crippen LogP contribution in [0.3, 0.4) is 0 Å². The second-order valence-electron chi connectivity index (χ2n) is 5.44. The van der Waals surface area contributed by atoms with Crippen molar-refractivity contribution >= 4 is 23.2 Å². The van der Waals surface area contributed by atoms with E-state index in [1.807, 2.05) is 0 Å². The van der Waals surface area contributed by atoms with Crippen LogP contribution in [0.25, 0.3) is 0 Å². The van der Waals surface area contributed by atoms with Gasteiger partial charge in [0, 0.05) is 12.1 Å². The maximum atomic E-state index is 12.0. The fourth-order valence-electron chi connectivity index (χ4n) is 2.87. The van der Waals surface area contributed by atoms with Gasteiger partial charge in [-0.3, -0.25) is 9.69 Å². The number of hydrogen-bond donors (Lipinski definition) is 0. The fraction of sp³-hybridized carbons (Fsp3) is 0.692. The molecule has 2 aliphatic rings. The Kier molecular flexibility index (Phi) is 3.83. The summed E-state index contributed by atoms with van der Waals surface area (Å²) >= 11 is 11.7. The van der Waals surface area contributed by atoms with Crippen LogP contribution in [0.15, 0.2) is 11.0 Å². The second-order valence-corrected chi connectivity index (χ2v) is 6.22. The minimum absolute atomic E-state index is 0.0684. The molecule has 0 bridgehead atoms. The van der Waals surface area contributed by atoms with Gasteiger partial charge < -0.3 is 0 Å². The third-order valence-corrected chi connectivity index (χ3v) is 4.80.